The molecule has 0 N–H and O–H groups in total. The van der Waals surface area contributed by atoms with E-state index in [9.17, 15) is 0 Å². The van der Waals surface area contributed by atoms with Crippen LogP contribution in [0.2, 0.25) is 0 Å². The first-order chi connectivity index (χ1) is 15.8. The minimum atomic E-state index is 1.05. The third-order valence-corrected chi connectivity index (χ3v) is 11.5. The second-order valence-corrected chi connectivity index (χ2v) is 12.9. The quantitative estimate of drug-likeness (QED) is 0.204. The van der Waals surface area contributed by atoms with E-state index in [4.69, 9.17) is 0 Å². The van der Waals surface area contributed by atoms with Gasteiger partial charge in [0.15, 0.2) is 0 Å². The fourth-order valence-electron chi connectivity index (χ4n) is 4.00. The average molecular weight is 523 g/mol. The lowest BCUT2D eigenvalue weighted by Crippen LogP contribution is -1.83. The van der Waals surface area contributed by atoms with Gasteiger partial charge in [0.25, 0.3) is 0 Å². The molecule has 0 fully saturated rings. The minimum absolute atomic E-state index is 1.05. The molecule has 158 valence electrons. The van der Waals surface area contributed by atoms with Crippen molar-refractivity contribution in [2.24, 2.45) is 0 Å². The Hall–Kier alpha value is -1.80. The lowest BCUT2D eigenvalue weighted by atomic mass is 10.0. The zero-order valence-electron chi connectivity index (χ0n) is 17.2. The molecule has 0 unspecified atom stereocenters. The molecular formula is C26H18S6. The third-order valence-electron chi connectivity index (χ3n) is 5.41. The highest BCUT2D eigenvalue weighted by molar-refractivity contribution is 7.28. The van der Waals surface area contributed by atoms with Crippen LogP contribution in [0.1, 0.15) is 12.5 Å². The largest absolute Gasteiger partial charge is 0.144 e. The highest BCUT2D eigenvalue weighted by atomic mass is 32.1. The molecule has 32 heavy (non-hydrogen) atoms. The Morgan fingerprint density at radius 2 is 1.03 bits per heavy atom. The lowest BCUT2D eigenvalue weighted by molar-refractivity contribution is 1.16. The maximum atomic E-state index is 2.37. The number of hydrogen-bond donors (Lipinski definition) is 0. The summed E-state index contributed by atoms with van der Waals surface area (Å²) < 4.78 is 0. The van der Waals surface area contributed by atoms with Crippen LogP contribution in [0, 0.1) is 0 Å². The van der Waals surface area contributed by atoms with Crippen LogP contribution in [0.4, 0.5) is 0 Å². The van der Waals surface area contributed by atoms with Gasteiger partial charge in [0, 0.05) is 36.2 Å². The maximum Gasteiger partial charge on any atom is 0.0549 e. The predicted molar refractivity (Wildman–Crippen MR) is 150 cm³/mol. The summed E-state index contributed by atoms with van der Waals surface area (Å²) in [6.45, 7) is 2.27. The third kappa shape index (κ3) is 3.50. The zero-order valence-corrected chi connectivity index (χ0v) is 22.1. The summed E-state index contributed by atoms with van der Waals surface area (Å²) in [5.74, 6) is 0. The summed E-state index contributed by atoms with van der Waals surface area (Å²) in [6, 6.07) is 17.8. The van der Waals surface area contributed by atoms with Crippen molar-refractivity contribution in [3.8, 4) is 50.8 Å². The van der Waals surface area contributed by atoms with E-state index in [0.29, 0.717) is 0 Å². The minimum Gasteiger partial charge on any atom is -0.144 e. The van der Waals surface area contributed by atoms with Crippen molar-refractivity contribution in [3.05, 3.63) is 81.0 Å². The smallest absolute Gasteiger partial charge is 0.0549 e. The first-order valence-electron chi connectivity index (χ1n) is 10.3. The molecule has 0 amide bonds. The number of hydrogen-bond acceptors (Lipinski definition) is 6. The van der Waals surface area contributed by atoms with Crippen molar-refractivity contribution in [2.75, 3.05) is 0 Å². The van der Waals surface area contributed by atoms with E-state index < -0.39 is 0 Å². The molecule has 6 heteroatoms. The van der Waals surface area contributed by atoms with Crippen molar-refractivity contribution in [3.63, 3.8) is 0 Å². The highest BCUT2D eigenvalue weighted by Gasteiger charge is 2.27. The highest BCUT2D eigenvalue weighted by Crippen LogP contribution is 2.57. The number of aryl methyl sites for hydroxylation is 1. The molecule has 6 aromatic rings. The van der Waals surface area contributed by atoms with Crippen LogP contribution in [-0.4, -0.2) is 0 Å². The van der Waals surface area contributed by atoms with Crippen LogP contribution in [0.5, 0.6) is 0 Å². The van der Waals surface area contributed by atoms with Crippen LogP contribution < -0.4 is 0 Å². The van der Waals surface area contributed by atoms with Gasteiger partial charge in [-0.3, -0.25) is 0 Å². The Labute approximate surface area is 211 Å². The molecule has 0 aliphatic rings. The normalized spacial score (nSPS) is 11.4. The van der Waals surface area contributed by atoms with E-state index in [2.05, 4.69) is 82.4 Å². The van der Waals surface area contributed by atoms with Crippen molar-refractivity contribution in [1.29, 1.82) is 0 Å². The average Bonchev–Trinajstić information content (AvgIpc) is 3.66. The molecule has 0 radical (unpaired) electrons. The molecule has 0 atom stereocenters. The Kier molecular flexibility index (Phi) is 5.75. The van der Waals surface area contributed by atoms with E-state index in [1.165, 1.54) is 56.4 Å². The van der Waals surface area contributed by atoms with Crippen molar-refractivity contribution < 1.29 is 0 Å². The second kappa shape index (κ2) is 8.86. The van der Waals surface area contributed by atoms with Gasteiger partial charge in [0.05, 0.1) is 14.6 Å². The summed E-state index contributed by atoms with van der Waals surface area (Å²) in [4.78, 5) is 9.65. The van der Waals surface area contributed by atoms with Gasteiger partial charge < -0.3 is 0 Å². The molecule has 6 heterocycles. The molecule has 0 aromatic carbocycles. The van der Waals surface area contributed by atoms with Crippen LogP contribution in [0.25, 0.3) is 50.8 Å². The molecule has 0 nitrogen and oxygen atoms in total. The van der Waals surface area contributed by atoms with Gasteiger partial charge in [-0.2, -0.15) is 0 Å². The van der Waals surface area contributed by atoms with E-state index >= 15 is 0 Å². The van der Waals surface area contributed by atoms with Crippen LogP contribution >= 0.6 is 68.0 Å². The van der Waals surface area contributed by atoms with Gasteiger partial charge in [-0.15, -0.1) is 68.0 Å². The van der Waals surface area contributed by atoms with E-state index in [0.717, 1.165) is 6.42 Å². The topological polar surface area (TPSA) is 0 Å². The van der Waals surface area contributed by atoms with Gasteiger partial charge in [-0.25, -0.2) is 0 Å². The summed E-state index contributed by atoms with van der Waals surface area (Å²) in [7, 11) is 0. The molecule has 0 aliphatic carbocycles. The molecule has 6 rings (SSSR count). The predicted octanol–water partition coefficient (Wildman–Crippen LogP) is 11.0. The Bertz CT molecular complexity index is 1420. The summed E-state index contributed by atoms with van der Waals surface area (Å²) >= 11 is 11.2. The van der Waals surface area contributed by atoms with Gasteiger partial charge in [-0.1, -0.05) is 31.2 Å². The van der Waals surface area contributed by atoms with Crippen LogP contribution in [-0.2, 0) is 6.42 Å². The molecule has 6 aromatic heterocycles. The SMILES string of the molecule is CCc1csc(-c2sc(-c3cccs3)c(-c3cccs3)c2-c2cccs2)c1-c1cccs1. The fourth-order valence-corrected chi connectivity index (χ4v) is 10.1. The number of rotatable bonds is 6. The van der Waals surface area contributed by atoms with E-state index in [1.54, 1.807) is 0 Å². The zero-order chi connectivity index (χ0) is 21.5. The summed E-state index contributed by atoms with van der Waals surface area (Å²) in [6.07, 6.45) is 1.05. The molecule has 0 spiro atoms. The molecule has 0 saturated heterocycles. The first kappa shape index (κ1) is 20.8. The van der Waals surface area contributed by atoms with Gasteiger partial charge in [0.1, 0.15) is 0 Å². The van der Waals surface area contributed by atoms with E-state index in [1.807, 2.05) is 68.0 Å². The Morgan fingerprint density at radius 3 is 1.53 bits per heavy atom. The Morgan fingerprint density at radius 1 is 0.531 bits per heavy atom. The monoisotopic (exact) mass is 522 g/mol. The Balaban J connectivity index is 1.71. The first-order valence-corrected chi connectivity index (χ1v) is 15.5. The molecule has 0 aliphatic heterocycles. The van der Waals surface area contributed by atoms with Crippen LogP contribution in [0.15, 0.2) is 75.4 Å². The molecule has 0 bridgehead atoms. The van der Waals surface area contributed by atoms with Gasteiger partial charge in [0.2, 0.25) is 0 Å². The van der Waals surface area contributed by atoms with Gasteiger partial charge in [-0.05, 0) is 63.2 Å². The van der Waals surface area contributed by atoms with Crippen molar-refractivity contribution in [1.82, 2.24) is 0 Å². The van der Waals surface area contributed by atoms with E-state index in [-0.39, 0.29) is 0 Å². The standard InChI is InChI=1S/C26H18S6/c1-2-16-15-31-25(21(16)17-7-3-11-27-17)26-23(19-9-5-13-29-19)22(18-8-4-12-28-18)24(32-26)20-10-6-14-30-20/h3-15H,2H2,1H3. The van der Waals surface area contributed by atoms with Gasteiger partial charge >= 0.3 is 0 Å². The number of thiophene rings is 6. The second-order valence-electron chi connectivity index (χ2n) is 7.24. The lowest BCUT2D eigenvalue weighted by Gasteiger charge is -2.08. The fraction of sp³-hybridized carbons (Fsp3) is 0.0769. The summed E-state index contributed by atoms with van der Waals surface area (Å²) in [5, 5.41) is 11.2. The maximum absolute atomic E-state index is 2.37. The molecule has 0 saturated carbocycles. The summed E-state index contributed by atoms with van der Waals surface area (Å²) in [5.41, 5.74) is 5.68. The van der Waals surface area contributed by atoms with Crippen molar-refractivity contribution >= 4 is 68.0 Å². The molecular weight excluding hydrogens is 505 g/mol. The van der Waals surface area contributed by atoms with Crippen molar-refractivity contribution in [2.45, 2.75) is 13.3 Å². The van der Waals surface area contributed by atoms with Crippen LogP contribution in [0.3, 0.4) is 0 Å².